The van der Waals surface area contributed by atoms with E-state index in [1.54, 1.807) is 0 Å². The molecule has 0 bridgehead atoms. The van der Waals surface area contributed by atoms with Crippen molar-refractivity contribution < 1.29 is 9.53 Å². The van der Waals surface area contributed by atoms with Gasteiger partial charge in [0.2, 0.25) is 0 Å². The summed E-state index contributed by atoms with van der Waals surface area (Å²) in [5.74, 6) is 0.102. The van der Waals surface area contributed by atoms with E-state index in [4.69, 9.17) is 4.74 Å². The standard InChI is InChI=1S/C16H24N2O2/c1-4-7-17-15-6-5-14(10-12(15)2)16(19)18-8-9-20-13(3)11-18/h5-6,10,13,17H,4,7-9,11H2,1-3H3. The van der Waals surface area contributed by atoms with Crippen LogP contribution in [0.15, 0.2) is 18.2 Å². The Kier molecular flexibility index (Phi) is 5.01. The fourth-order valence-corrected chi connectivity index (χ4v) is 2.44. The summed E-state index contributed by atoms with van der Waals surface area (Å²) in [6, 6.07) is 5.88. The number of aryl methyl sites for hydroxylation is 1. The predicted molar refractivity (Wildman–Crippen MR) is 81.3 cm³/mol. The smallest absolute Gasteiger partial charge is 0.254 e. The van der Waals surface area contributed by atoms with E-state index in [1.807, 2.05) is 36.9 Å². The zero-order valence-corrected chi connectivity index (χ0v) is 12.6. The Bertz CT molecular complexity index is 474. The Morgan fingerprint density at radius 3 is 2.95 bits per heavy atom. The lowest BCUT2D eigenvalue weighted by atomic mass is 10.1. The van der Waals surface area contributed by atoms with Crippen molar-refractivity contribution in [3.63, 3.8) is 0 Å². The molecule has 20 heavy (non-hydrogen) atoms. The Morgan fingerprint density at radius 1 is 1.50 bits per heavy atom. The molecule has 2 rings (SSSR count). The summed E-state index contributed by atoms with van der Waals surface area (Å²) in [5, 5.41) is 3.37. The van der Waals surface area contributed by atoms with Gasteiger partial charge < -0.3 is 15.0 Å². The Hall–Kier alpha value is -1.55. The quantitative estimate of drug-likeness (QED) is 0.919. The first-order valence-electron chi connectivity index (χ1n) is 7.37. The van der Waals surface area contributed by atoms with Gasteiger partial charge in [-0.1, -0.05) is 6.92 Å². The number of nitrogens with one attached hydrogen (secondary N) is 1. The van der Waals surface area contributed by atoms with E-state index in [0.717, 1.165) is 29.8 Å². The van der Waals surface area contributed by atoms with Crippen molar-refractivity contribution in [2.45, 2.75) is 33.3 Å². The topological polar surface area (TPSA) is 41.6 Å². The molecule has 1 aromatic carbocycles. The van der Waals surface area contributed by atoms with Gasteiger partial charge in [0, 0.05) is 30.9 Å². The molecule has 1 atom stereocenters. The molecule has 1 amide bonds. The maximum absolute atomic E-state index is 12.5. The number of amides is 1. The van der Waals surface area contributed by atoms with Crippen molar-refractivity contribution in [1.29, 1.82) is 0 Å². The highest BCUT2D eigenvalue weighted by atomic mass is 16.5. The molecule has 1 unspecified atom stereocenters. The van der Waals surface area contributed by atoms with Gasteiger partial charge in [-0.2, -0.15) is 0 Å². The van der Waals surface area contributed by atoms with Crippen LogP contribution in [-0.4, -0.2) is 43.2 Å². The van der Waals surface area contributed by atoms with E-state index < -0.39 is 0 Å². The summed E-state index contributed by atoms with van der Waals surface area (Å²) in [5.41, 5.74) is 2.99. The molecule has 0 radical (unpaired) electrons. The lowest BCUT2D eigenvalue weighted by molar-refractivity contribution is -0.0124. The molecule has 1 aromatic rings. The van der Waals surface area contributed by atoms with Crippen LogP contribution in [0.4, 0.5) is 5.69 Å². The van der Waals surface area contributed by atoms with Crippen LogP contribution in [0.3, 0.4) is 0 Å². The normalized spacial score (nSPS) is 18.9. The fourth-order valence-electron chi connectivity index (χ4n) is 2.44. The van der Waals surface area contributed by atoms with E-state index in [0.29, 0.717) is 19.7 Å². The zero-order chi connectivity index (χ0) is 14.5. The first-order chi connectivity index (χ1) is 9.61. The molecular weight excluding hydrogens is 252 g/mol. The fraction of sp³-hybridized carbons (Fsp3) is 0.562. The molecule has 1 heterocycles. The average Bonchev–Trinajstić information content (AvgIpc) is 2.45. The number of morpholine rings is 1. The number of anilines is 1. The maximum atomic E-state index is 12.5. The molecule has 1 N–H and O–H groups in total. The van der Waals surface area contributed by atoms with Gasteiger partial charge in [0.1, 0.15) is 0 Å². The molecule has 1 fully saturated rings. The first-order valence-corrected chi connectivity index (χ1v) is 7.37. The van der Waals surface area contributed by atoms with E-state index in [9.17, 15) is 4.79 Å². The van der Waals surface area contributed by atoms with E-state index in [1.165, 1.54) is 0 Å². The molecular formula is C16H24N2O2. The lowest BCUT2D eigenvalue weighted by Gasteiger charge is -2.31. The average molecular weight is 276 g/mol. The van der Waals surface area contributed by atoms with Gasteiger partial charge in [0.05, 0.1) is 12.7 Å². The number of hydrogen-bond donors (Lipinski definition) is 1. The number of rotatable bonds is 4. The van der Waals surface area contributed by atoms with E-state index >= 15 is 0 Å². The molecule has 0 spiro atoms. The molecule has 1 saturated heterocycles. The minimum atomic E-state index is 0.102. The number of carbonyl (C=O) groups is 1. The van der Waals surface area contributed by atoms with Crippen molar-refractivity contribution in [2.75, 3.05) is 31.6 Å². The molecule has 0 aliphatic carbocycles. The number of ether oxygens (including phenoxy) is 1. The minimum Gasteiger partial charge on any atom is -0.385 e. The SMILES string of the molecule is CCCNc1ccc(C(=O)N2CCOC(C)C2)cc1C. The van der Waals surface area contributed by atoms with Crippen LogP contribution in [0, 0.1) is 6.92 Å². The van der Waals surface area contributed by atoms with Gasteiger partial charge >= 0.3 is 0 Å². The third-order valence-corrected chi connectivity index (χ3v) is 3.57. The molecule has 1 aliphatic heterocycles. The van der Waals surface area contributed by atoms with Gasteiger partial charge in [0.15, 0.2) is 0 Å². The largest absolute Gasteiger partial charge is 0.385 e. The summed E-state index contributed by atoms with van der Waals surface area (Å²) in [4.78, 5) is 14.3. The third kappa shape index (κ3) is 3.51. The summed E-state index contributed by atoms with van der Waals surface area (Å²) >= 11 is 0. The molecule has 110 valence electrons. The third-order valence-electron chi connectivity index (χ3n) is 3.57. The number of benzene rings is 1. The Balaban J connectivity index is 2.08. The van der Waals surface area contributed by atoms with Crippen molar-refractivity contribution >= 4 is 11.6 Å². The van der Waals surface area contributed by atoms with Crippen LogP contribution in [0.1, 0.15) is 36.2 Å². The summed E-state index contributed by atoms with van der Waals surface area (Å²) in [6.07, 6.45) is 1.21. The second kappa shape index (κ2) is 6.75. The summed E-state index contributed by atoms with van der Waals surface area (Å²) in [7, 11) is 0. The molecule has 4 nitrogen and oxygen atoms in total. The number of nitrogens with zero attached hydrogens (tertiary/aromatic N) is 1. The van der Waals surface area contributed by atoms with Crippen LogP contribution in [0.25, 0.3) is 0 Å². The molecule has 0 saturated carbocycles. The monoisotopic (exact) mass is 276 g/mol. The highest BCUT2D eigenvalue weighted by Crippen LogP contribution is 2.18. The molecule has 4 heteroatoms. The molecule has 1 aliphatic rings. The number of hydrogen-bond acceptors (Lipinski definition) is 3. The van der Waals surface area contributed by atoms with E-state index in [2.05, 4.69) is 12.2 Å². The molecule has 0 aromatic heterocycles. The zero-order valence-electron chi connectivity index (χ0n) is 12.6. The van der Waals surface area contributed by atoms with Gasteiger partial charge in [-0.25, -0.2) is 0 Å². The van der Waals surface area contributed by atoms with Crippen molar-refractivity contribution in [3.8, 4) is 0 Å². The predicted octanol–water partition coefficient (Wildman–Crippen LogP) is 2.68. The van der Waals surface area contributed by atoms with Crippen LogP contribution in [0.2, 0.25) is 0 Å². The number of carbonyl (C=O) groups excluding carboxylic acids is 1. The lowest BCUT2D eigenvalue weighted by Crippen LogP contribution is -2.44. The van der Waals surface area contributed by atoms with Crippen LogP contribution < -0.4 is 5.32 Å². The second-order valence-electron chi connectivity index (χ2n) is 5.39. The van der Waals surface area contributed by atoms with Gasteiger partial charge in [-0.15, -0.1) is 0 Å². The van der Waals surface area contributed by atoms with Gasteiger partial charge in [-0.05, 0) is 44.0 Å². The maximum Gasteiger partial charge on any atom is 0.254 e. The van der Waals surface area contributed by atoms with Crippen molar-refractivity contribution in [3.05, 3.63) is 29.3 Å². The van der Waals surface area contributed by atoms with Gasteiger partial charge in [-0.3, -0.25) is 4.79 Å². The van der Waals surface area contributed by atoms with Crippen molar-refractivity contribution in [2.24, 2.45) is 0 Å². The van der Waals surface area contributed by atoms with Gasteiger partial charge in [0.25, 0.3) is 5.91 Å². The Labute approximate surface area is 121 Å². The minimum absolute atomic E-state index is 0.102. The summed E-state index contributed by atoms with van der Waals surface area (Å²) < 4.78 is 5.48. The van der Waals surface area contributed by atoms with Crippen LogP contribution in [-0.2, 0) is 4.74 Å². The highest BCUT2D eigenvalue weighted by Gasteiger charge is 2.22. The second-order valence-corrected chi connectivity index (χ2v) is 5.39. The summed E-state index contributed by atoms with van der Waals surface area (Å²) in [6.45, 7) is 9.11. The van der Waals surface area contributed by atoms with Crippen LogP contribution >= 0.6 is 0 Å². The van der Waals surface area contributed by atoms with Crippen molar-refractivity contribution in [1.82, 2.24) is 4.90 Å². The van der Waals surface area contributed by atoms with E-state index in [-0.39, 0.29) is 12.0 Å². The van der Waals surface area contributed by atoms with Crippen LogP contribution in [0.5, 0.6) is 0 Å². The highest BCUT2D eigenvalue weighted by molar-refractivity contribution is 5.95. The Morgan fingerprint density at radius 2 is 2.30 bits per heavy atom. The first kappa shape index (κ1) is 14.9.